The molecule has 0 aromatic heterocycles. The number of fused-ring (bicyclic) bond motifs is 4. The Morgan fingerprint density at radius 2 is 1.76 bits per heavy atom. The third kappa shape index (κ3) is 7.17. The maximum Gasteiger partial charge on any atom is 0.410 e. The topological polar surface area (TPSA) is 135 Å². The van der Waals surface area contributed by atoms with Gasteiger partial charge in [-0.1, -0.05) is 27.7 Å². The first-order valence-corrected chi connectivity index (χ1v) is 18.1. The second kappa shape index (κ2) is 14.8. The maximum atomic E-state index is 14.2. The molecule has 5 rings (SSSR count). The van der Waals surface area contributed by atoms with Crippen molar-refractivity contribution in [3.63, 3.8) is 0 Å². The summed E-state index contributed by atoms with van der Waals surface area (Å²) in [7, 11) is 5.69. The summed E-state index contributed by atoms with van der Waals surface area (Å²) in [5.74, 6) is -2.37. The summed E-state index contributed by atoms with van der Waals surface area (Å²) in [4.78, 5) is 49.7. The number of rotatable bonds is 5. The fraction of sp³-hybridized carbons (Fsp3) is 0.889. The normalized spacial score (nSPS) is 45.4. The summed E-state index contributed by atoms with van der Waals surface area (Å²) in [6.45, 7) is 16.1. The standard InChI is InChI=1S/C36H59N3O10/c1-12-26-36(8)30-21(4)27(37-13-14-39(30)34(42)49-36)19(2)16-35(7)31(48-33-29(43-11)25(38(9)10)15-20(3)46-33)22(5)28(23(6)32(41)47-26)44-17-24(40)18-45-35/h19-23,25-26,28-31,33H,12-18H2,1-11H3/t19-,20-,21+,22+,23-,25+,26-,28+,29-,30-,31-,33+,35+,36-/m1/s1. The molecule has 13 heteroatoms. The van der Waals surface area contributed by atoms with E-state index in [9.17, 15) is 14.4 Å². The number of aliphatic imine (C=N–C) groups is 1. The highest BCUT2D eigenvalue weighted by atomic mass is 16.7. The van der Waals surface area contributed by atoms with Crippen LogP contribution in [0.5, 0.6) is 0 Å². The first-order valence-electron chi connectivity index (χ1n) is 18.1. The van der Waals surface area contributed by atoms with E-state index in [2.05, 4.69) is 18.7 Å². The van der Waals surface area contributed by atoms with Crippen LogP contribution in [0.2, 0.25) is 0 Å². The average Bonchev–Trinajstić information content (AvgIpc) is 3.18. The van der Waals surface area contributed by atoms with Crippen LogP contribution in [0.15, 0.2) is 4.99 Å². The van der Waals surface area contributed by atoms with Crippen molar-refractivity contribution in [2.24, 2.45) is 28.7 Å². The Kier molecular flexibility index (Phi) is 11.5. The van der Waals surface area contributed by atoms with Crippen LogP contribution in [0.1, 0.15) is 74.7 Å². The summed E-state index contributed by atoms with van der Waals surface area (Å²) in [6.07, 6.45) is -2.29. The molecule has 0 saturated carbocycles. The van der Waals surface area contributed by atoms with Crippen LogP contribution in [0.4, 0.5) is 4.79 Å². The molecule has 13 nitrogen and oxygen atoms in total. The van der Waals surface area contributed by atoms with Crippen molar-refractivity contribution in [2.45, 2.75) is 135 Å². The van der Waals surface area contributed by atoms with Gasteiger partial charge in [0.2, 0.25) is 0 Å². The number of amides is 1. The Morgan fingerprint density at radius 3 is 2.41 bits per heavy atom. The van der Waals surface area contributed by atoms with Gasteiger partial charge in [0, 0.05) is 37.2 Å². The molecule has 5 heterocycles. The molecule has 0 spiro atoms. The van der Waals surface area contributed by atoms with E-state index in [0.29, 0.717) is 25.9 Å². The van der Waals surface area contributed by atoms with Crippen LogP contribution < -0.4 is 0 Å². The van der Waals surface area contributed by atoms with Crippen LogP contribution >= 0.6 is 0 Å². The minimum Gasteiger partial charge on any atom is -0.458 e. The molecule has 49 heavy (non-hydrogen) atoms. The van der Waals surface area contributed by atoms with E-state index in [0.717, 1.165) is 12.1 Å². The van der Waals surface area contributed by atoms with Crippen LogP contribution in [0, 0.1) is 23.7 Å². The first kappa shape index (κ1) is 38.1. The van der Waals surface area contributed by atoms with Crippen molar-refractivity contribution < 1.29 is 47.5 Å². The number of hydrogen-bond acceptors (Lipinski definition) is 12. The van der Waals surface area contributed by atoms with E-state index in [1.165, 1.54) is 0 Å². The van der Waals surface area contributed by atoms with Crippen molar-refractivity contribution in [1.82, 2.24) is 9.80 Å². The summed E-state index contributed by atoms with van der Waals surface area (Å²) in [5, 5.41) is 0. The largest absolute Gasteiger partial charge is 0.458 e. The number of ether oxygens (including phenoxy) is 7. The van der Waals surface area contributed by atoms with Gasteiger partial charge in [-0.15, -0.1) is 0 Å². The number of Topliss-reactive ketones (excluding diaryl/α,β-unsaturated/α-hetero) is 1. The predicted octanol–water partition coefficient (Wildman–Crippen LogP) is 3.50. The number of carbonyl (C=O) groups is 3. The van der Waals surface area contributed by atoms with Gasteiger partial charge in [0.05, 0.1) is 42.4 Å². The SMILES string of the molecule is CC[C@H]1OC(=O)[C@H](C)[C@H]2OCC(=O)CO[C@@](C)(C[C@@H](C)C3=NCCN4C(=O)O[C@@]1(C)[C@H]4[C@H]3C)[C@H](O[C@@H]1O[C@H](C)C[C@H](N(C)C)[C@H]1OC)[C@H]2C. The van der Waals surface area contributed by atoms with Gasteiger partial charge in [0.25, 0.3) is 0 Å². The number of esters is 1. The molecule has 278 valence electrons. The van der Waals surface area contributed by atoms with Crippen LogP contribution in [0.25, 0.3) is 0 Å². The summed E-state index contributed by atoms with van der Waals surface area (Å²) >= 11 is 0. The van der Waals surface area contributed by atoms with Gasteiger partial charge in [0.1, 0.15) is 25.4 Å². The summed E-state index contributed by atoms with van der Waals surface area (Å²) < 4.78 is 45.0. The van der Waals surface area contributed by atoms with E-state index >= 15 is 0 Å². The molecule has 0 aromatic rings. The maximum absolute atomic E-state index is 14.2. The molecule has 4 saturated heterocycles. The first-order chi connectivity index (χ1) is 23.1. The molecule has 0 N–H and O–H groups in total. The van der Waals surface area contributed by atoms with Crippen molar-refractivity contribution >= 4 is 23.6 Å². The molecule has 4 bridgehead atoms. The third-order valence-electron chi connectivity index (χ3n) is 11.8. The fourth-order valence-corrected chi connectivity index (χ4v) is 9.41. The number of hydrogen-bond donors (Lipinski definition) is 0. The van der Waals surface area contributed by atoms with Crippen molar-refractivity contribution in [3.8, 4) is 0 Å². The Labute approximate surface area is 291 Å². The number of methoxy groups -OCH3 is 1. The highest BCUT2D eigenvalue weighted by Crippen LogP contribution is 2.45. The Bertz CT molecular complexity index is 1260. The van der Waals surface area contributed by atoms with E-state index in [1.807, 2.05) is 48.7 Å². The molecular formula is C36H59N3O10. The molecule has 0 aromatic carbocycles. The lowest BCUT2D eigenvalue weighted by atomic mass is 9.72. The lowest BCUT2D eigenvalue weighted by Crippen LogP contribution is -2.61. The van der Waals surface area contributed by atoms with E-state index in [1.54, 1.807) is 18.9 Å². The zero-order chi connectivity index (χ0) is 36.0. The third-order valence-corrected chi connectivity index (χ3v) is 11.8. The number of cyclic esters (lactones) is 1. The molecule has 0 unspecified atom stereocenters. The quantitative estimate of drug-likeness (QED) is 0.392. The molecule has 5 aliphatic heterocycles. The average molecular weight is 694 g/mol. The molecule has 1 amide bonds. The van der Waals surface area contributed by atoms with Gasteiger partial charge in [-0.25, -0.2) is 4.79 Å². The number of ketones is 1. The molecule has 0 radical (unpaired) electrons. The van der Waals surface area contributed by atoms with Crippen molar-refractivity contribution in [3.05, 3.63) is 0 Å². The van der Waals surface area contributed by atoms with Gasteiger partial charge >= 0.3 is 12.1 Å². The van der Waals surface area contributed by atoms with Crippen LogP contribution in [-0.4, -0.2) is 141 Å². The van der Waals surface area contributed by atoms with E-state index in [4.69, 9.17) is 38.2 Å². The highest BCUT2D eigenvalue weighted by molar-refractivity contribution is 5.91. The highest BCUT2D eigenvalue weighted by Gasteiger charge is 2.60. The Morgan fingerprint density at radius 1 is 1.04 bits per heavy atom. The van der Waals surface area contributed by atoms with Crippen molar-refractivity contribution in [2.75, 3.05) is 47.5 Å². The molecule has 5 aliphatic rings. The van der Waals surface area contributed by atoms with E-state index < -0.39 is 71.8 Å². The molecule has 4 fully saturated rings. The molecular weight excluding hydrogens is 634 g/mol. The van der Waals surface area contributed by atoms with Crippen molar-refractivity contribution in [1.29, 1.82) is 0 Å². The summed E-state index contributed by atoms with van der Waals surface area (Å²) in [6, 6.07) is -0.387. The van der Waals surface area contributed by atoms with Gasteiger partial charge < -0.3 is 38.1 Å². The second-order valence-electron chi connectivity index (χ2n) is 15.6. The molecule has 0 aliphatic carbocycles. The van der Waals surface area contributed by atoms with Gasteiger partial charge in [-0.2, -0.15) is 0 Å². The zero-order valence-electron chi connectivity index (χ0n) is 31.3. The van der Waals surface area contributed by atoms with Gasteiger partial charge in [-0.3, -0.25) is 19.5 Å². The van der Waals surface area contributed by atoms with Crippen LogP contribution in [0.3, 0.4) is 0 Å². The van der Waals surface area contributed by atoms with E-state index in [-0.39, 0.29) is 43.0 Å². The lowest BCUT2D eigenvalue weighted by molar-refractivity contribution is -0.305. The van der Waals surface area contributed by atoms with Gasteiger partial charge in [0.15, 0.2) is 17.7 Å². The summed E-state index contributed by atoms with van der Waals surface area (Å²) in [5.41, 5.74) is -1.25. The minimum absolute atomic E-state index is 0.0256. The Balaban J connectivity index is 1.64. The predicted molar refractivity (Wildman–Crippen MR) is 180 cm³/mol. The van der Waals surface area contributed by atoms with Gasteiger partial charge in [-0.05, 0) is 67.0 Å². The Hall–Kier alpha value is -2.16. The second-order valence-corrected chi connectivity index (χ2v) is 15.6. The lowest BCUT2D eigenvalue weighted by Gasteiger charge is -2.49. The minimum atomic E-state index is -1.11. The zero-order valence-corrected chi connectivity index (χ0v) is 31.3. The smallest absolute Gasteiger partial charge is 0.410 e. The number of carbonyl (C=O) groups excluding carboxylic acids is 3. The number of likely N-dealkylation sites (N-methyl/N-ethyl adjacent to an activating group) is 1. The van der Waals surface area contributed by atoms with Crippen LogP contribution in [-0.2, 0) is 42.7 Å². The fourth-order valence-electron chi connectivity index (χ4n) is 9.41. The number of nitrogens with zero attached hydrogens (tertiary/aromatic N) is 3. The molecule has 14 atom stereocenters. The monoisotopic (exact) mass is 693 g/mol.